The number of anilines is 1. The second-order valence-corrected chi connectivity index (χ2v) is 5.37. The summed E-state index contributed by atoms with van der Waals surface area (Å²) in [6.45, 7) is 3.57. The molecule has 0 radical (unpaired) electrons. The van der Waals surface area contributed by atoms with E-state index in [1.807, 2.05) is 31.2 Å². The molecule has 0 saturated heterocycles. The van der Waals surface area contributed by atoms with Crippen molar-refractivity contribution in [3.05, 3.63) is 29.8 Å². The molecular weight excluding hydrogens is 256 g/mol. The SMILES string of the molecule is CCc1ccccc1NC(=O)NC(C)(C(=O)O)C1CC1. The fourth-order valence-electron chi connectivity index (χ4n) is 2.33. The number of carbonyl (C=O) groups excluding carboxylic acids is 1. The number of para-hydroxylation sites is 1. The molecule has 1 unspecified atom stereocenters. The molecule has 0 aliphatic heterocycles. The molecular formula is C15H20N2O3. The molecule has 0 heterocycles. The number of hydrogen-bond acceptors (Lipinski definition) is 2. The van der Waals surface area contributed by atoms with Gasteiger partial charge in [0.15, 0.2) is 0 Å². The van der Waals surface area contributed by atoms with Gasteiger partial charge in [-0.2, -0.15) is 0 Å². The van der Waals surface area contributed by atoms with Crippen molar-refractivity contribution in [3.63, 3.8) is 0 Å². The smallest absolute Gasteiger partial charge is 0.329 e. The Morgan fingerprint density at radius 3 is 2.55 bits per heavy atom. The highest BCUT2D eigenvalue weighted by molar-refractivity contribution is 5.94. The second-order valence-electron chi connectivity index (χ2n) is 5.37. The van der Waals surface area contributed by atoms with Crippen molar-refractivity contribution in [1.29, 1.82) is 0 Å². The topological polar surface area (TPSA) is 78.4 Å². The van der Waals surface area contributed by atoms with Gasteiger partial charge in [0.2, 0.25) is 0 Å². The summed E-state index contributed by atoms with van der Waals surface area (Å²) in [6, 6.07) is 7.03. The normalized spacial score (nSPS) is 17.1. The van der Waals surface area contributed by atoms with Crippen molar-refractivity contribution in [2.75, 3.05) is 5.32 Å². The Morgan fingerprint density at radius 1 is 1.35 bits per heavy atom. The van der Waals surface area contributed by atoms with Gasteiger partial charge in [0.1, 0.15) is 5.54 Å². The number of benzene rings is 1. The molecule has 0 spiro atoms. The van der Waals surface area contributed by atoms with Crippen LogP contribution in [0.2, 0.25) is 0 Å². The molecule has 5 nitrogen and oxygen atoms in total. The molecule has 1 aromatic carbocycles. The summed E-state index contributed by atoms with van der Waals surface area (Å²) in [7, 11) is 0. The highest BCUT2D eigenvalue weighted by Crippen LogP contribution is 2.39. The first kappa shape index (κ1) is 14.4. The van der Waals surface area contributed by atoms with Crippen LogP contribution in [0.5, 0.6) is 0 Å². The van der Waals surface area contributed by atoms with Gasteiger partial charge in [-0.05, 0) is 43.7 Å². The lowest BCUT2D eigenvalue weighted by Crippen LogP contribution is -2.55. The molecule has 0 aromatic heterocycles. The van der Waals surface area contributed by atoms with Crippen LogP contribution < -0.4 is 10.6 Å². The number of hydrogen-bond donors (Lipinski definition) is 3. The number of urea groups is 1. The highest BCUT2D eigenvalue weighted by Gasteiger charge is 2.48. The molecule has 0 bridgehead atoms. The maximum absolute atomic E-state index is 12.0. The predicted molar refractivity (Wildman–Crippen MR) is 76.7 cm³/mol. The third-order valence-corrected chi connectivity index (χ3v) is 3.86. The first-order valence-corrected chi connectivity index (χ1v) is 6.88. The number of aryl methyl sites for hydroxylation is 1. The fourth-order valence-corrected chi connectivity index (χ4v) is 2.33. The Hall–Kier alpha value is -2.04. The van der Waals surface area contributed by atoms with Gasteiger partial charge >= 0.3 is 12.0 Å². The summed E-state index contributed by atoms with van der Waals surface area (Å²) in [5.74, 6) is -0.967. The third kappa shape index (κ3) is 2.92. The summed E-state index contributed by atoms with van der Waals surface area (Å²) in [5, 5.41) is 14.7. The van der Waals surface area contributed by atoms with Gasteiger partial charge in [-0.15, -0.1) is 0 Å². The van der Waals surface area contributed by atoms with E-state index in [1.165, 1.54) is 0 Å². The molecule has 2 rings (SSSR count). The van der Waals surface area contributed by atoms with Crippen LogP contribution in [0.25, 0.3) is 0 Å². The fraction of sp³-hybridized carbons (Fsp3) is 0.467. The molecule has 3 N–H and O–H groups in total. The average molecular weight is 276 g/mol. The van der Waals surface area contributed by atoms with E-state index >= 15 is 0 Å². The molecule has 1 fully saturated rings. The standard InChI is InChI=1S/C15H20N2O3/c1-3-10-6-4-5-7-12(10)16-14(20)17-15(2,13(18)19)11-8-9-11/h4-7,11H,3,8-9H2,1-2H3,(H,18,19)(H2,16,17,20). The van der Waals surface area contributed by atoms with E-state index in [1.54, 1.807) is 6.92 Å². The van der Waals surface area contributed by atoms with E-state index in [-0.39, 0.29) is 5.92 Å². The van der Waals surface area contributed by atoms with Crippen LogP contribution in [0.4, 0.5) is 10.5 Å². The van der Waals surface area contributed by atoms with E-state index in [4.69, 9.17) is 0 Å². The van der Waals surface area contributed by atoms with Crippen LogP contribution in [0, 0.1) is 5.92 Å². The second kappa shape index (κ2) is 5.53. The van der Waals surface area contributed by atoms with Crippen LogP contribution >= 0.6 is 0 Å². The molecule has 5 heteroatoms. The number of carboxylic acids is 1. The number of carboxylic acid groups (broad SMARTS) is 1. The molecule has 2 amide bonds. The summed E-state index contributed by atoms with van der Waals surface area (Å²) >= 11 is 0. The van der Waals surface area contributed by atoms with Crippen molar-refractivity contribution < 1.29 is 14.7 Å². The van der Waals surface area contributed by atoms with Crippen LogP contribution in [0.15, 0.2) is 24.3 Å². The molecule has 20 heavy (non-hydrogen) atoms. The Kier molecular flexibility index (Phi) is 3.97. The van der Waals surface area contributed by atoms with Crippen molar-refractivity contribution in [2.24, 2.45) is 5.92 Å². The molecule has 1 saturated carbocycles. The summed E-state index contributed by atoms with van der Waals surface area (Å²) in [5.41, 5.74) is 0.549. The van der Waals surface area contributed by atoms with Gasteiger partial charge in [-0.1, -0.05) is 25.1 Å². The quantitative estimate of drug-likeness (QED) is 0.773. The van der Waals surface area contributed by atoms with Crippen molar-refractivity contribution in [1.82, 2.24) is 5.32 Å². The highest BCUT2D eigenvalue weighted by atomic mass is 16.4. The van der Waals surface area contributed by atoms with E-state index in [0.29, 0.717) is 0 Å². The molecule has 1 atom stereocenters. The molecule has 1 aromatic rings. The lowest BCUT2D eigenvalue weighted by molar-refractivity contribution is -0.144. The van der Waals surface area contributed by atoms with Gasteiger partial charge in [-0.25, -0.2) is 9.59 Å². The lowest BCUT2D eigenvalue weighted by Gasteiger charge is -2.26. The Morgan fingerprint density at radius 2 is 2.00 bits per heavy atom. The molecule has 1 aliphatic rings. The van der Waals surface area contributed by atoms with Gasteiger partial charge in [0, 0.05) is 5.69 Å². The maximum Gasteiger partial charge on any atom is 0.329 e. The first-order chi connectivity index (χ1) is 9.47. The third-order valence-electron chi connectivity index (χ3n) is 3.86. The molecule has 108 valence electrons. The largest absolute Gasteiger partial charge is 0.480 e. The van der Waals surface area contributed by atoms with E-state index in [9.17, 15) is 14.7 Å². The van der Waals surface area contributed by atoms with Crippen molar-refractivity contribution >= 4 is 17.7 Å². The van der Waals surface area contributed by atoms with E-state index < -0.39 is 17.5 Å². The lowest BCUT2D eigenvalue weighted by atomic mass is 9.96. The first-order valence-electron chi connectivity index (χ1n) is 6.88. The van der Waals surface area contributed by atoms with Gasteiger partial charge in [-0.3, -0.25) is 0 Å². The van der Waals surface area contributed by atoms with Gasteiger partial charge < -0.3 is 15.7 Å². The number of amides is 2. The predicted octanol–water partition coefficient (Wildman–Crippen LogP) is 2.62. The van der Waals surface area contributed by atoms with Crippen LogP contribution in [0.1, 0.15) is 32.3 Å². The van der Waals surface area contributed by atoms with E-state index in [0.717, 1.165) is 30.5 Å². The zero-order valence-corrected chi connectivity index (χ0v) is 11.8. The van der Waals surface area contributed by atoms with Crippen LogP contribution in [0.3, 0.4) is 0 Å². The van der Waals surface area contributed by atoms with Crippen molar-refractivity contribution in [3.8, 4) is 0 Å². The Bertz CT molecular complexity index is 526. The Labute approximate surface area is 118 Å². The Balaban J connectivity index is 2.07. The zero-order chi connectivity index (χ0) is 14.8. The van der Waals surface area contributed by atoms with Crippen LogP contribution in [-0.2, 0) is 11.2 Å². The molecule has 1 aliphatic carbocycles. The summed E-state index contributed by atoms with van der Waals surface area (Å²) in [6.07, 6.45) is 2.48. The van der Waals surface area contributed by atoms with Crippen LogP contribution in [-0.4, -0.2) is 22.6 Å². The zero-order valence-electron chi connectivity index (χ0n) is 11.8. The minimum absolute atomic E-state index is 0.0205. The number of aliphatic carboxylic acids is 1. The summed E-state index contributed by atoms with van der Waals surface area (Å²) in [4.78, 5) is 23.4. The van der Waals surface area contributed by atoms with Gasteiger partial charge in [0.05, 0.1) is 0 Å². The number of nitrogens with one attached hydrogen (secondary N) is 2. The summed E-state index contributed by atoms with van der Waals surface area (Å²) < 4.78 is 0. The number of rotatable bonds is 5. The monoisotopic (exact) mass is 276 g/mol. The van der Waals surface area contributed by atoms with Crippen molar-refractivity contribution in [2.45, 2.75) is 38.6 Å². The minimum Gasteiger partial charge on any atom is -0.480 e. The maximum atomic E-state index is 12.0. The average Bonchev–Trinajstić information content (AvgIpc) is 3.23. The van der Waals surface area contributed by atoms with E-state index in [2.05, 4.69) is 10.6 Å². The minimum atomic E-state index is -1.19. The number of carbonyl (C=O) groups is 2. The van der Waals surface area contributed by atoms with Gasteiger partial charge in [0.25, 0.3) is 0 Å².